The highest BCUT2D eigenvalue weighted by molar-refractivity contribution is 6.34. The van der Waals surface area contributed by atoms with E-state index in [1.165, 1.54) is 6.07 Å². The SMILES string of the molecule is Nc1ccc(Cl)c(NC(=O)COc2cc(Cl)ccc2Cl)c1. The molecule has 0 aliphatic rings. The Morgan fingerprint density at radius 2 is 1.81 bits per heavy atom. The molecule has 110 valence electrons. The molecule has 0 unspecified atom stereocenters. The monoisotopic (exact) mass is 344 g/mol. The number of nitrogen functional groups attached to an aromatic ring is 1. The highest BCUT2D eigenvalue weighted by Crippen LogP contribution is 2.28. The van der Waals surface area contributed by atoms with Crippen LogP contribution in [0.3, 0.4) is 0 Å². The van der Waals surface area contributed by atoms with Gasteiger partial charge in [-0.3, -0.25) is 4.79 Å². The Morgan fingerprint density at radius 1 is 1.10 bits per heavy atom. The largest absolute Gasteiger partial charge is 0.482 e. The summed E-state index contributed by atoms with van der Waals surface area (Å²) in [5, 5.41) is 3.83. The van der Waals surface area contributed by atoms with Crippen molar-refractivity contribution in [3.8, 4) is 5.75 Å². The molecule has 0 spiro atoms. The van der Waals surface area contributed by atoms with Crippen molar-refractivity contribution >= 4 is 52.1 Å². The molecule has 0 aliphatic carbocycles. The molecule has 0 saturated heterocycles. The number of rotatable bonds is 4. The van der Waals surface area contributed by atoms with Crippen LogP contribution in [0.2, 0.25) is 15.1 Å². The zero-order valence-electron chi connectivity index (χ0n) is 10.7. The van der Waals surface area contributed by atoms with Crippen LogP contribution in [0.5, 0.6) is 5.75 Å². The van der Waals surface area contributed by atoms with Gasteiger partial charge in [0.1, 0.15) is 5.75 Å². The molecule has 2 rings (SSSR count). The number of ether oxygens (including phenoxy) is 1. The Bertz CT molecular complexity index is 677. The van der Waals surface area contributed by atoms with Crippen molar-refractivity contribution in [3.63, 3.8) is 0 Å². The van der Waals surface area contributed by atoms with Gasteiger partial charge in [-0.15, -0.1) is 0 Å². The third-order valence-electron chi connectivity index (χ3n) is 2.52. The molecule has 0 saturated carbocycles. The lowest BCUT2D eigenvalue weighted by molar-refractivity contribution is -0.118. The summed E-state index contributed by atoms with van der Waals surface area (Å²) < 4.78 is 5.32. The average molecular weight is 346 g/mol. The summed E-state index contributed by atoms with van der Waals surface area (Å²) in [6.45, 7) is -0.231. The van der Waals surface area contributed by atoms with Crippen molar-refractivity contribution in [1.82, 2.24) is 0 Å². The lowest BCUT2D eigenvalue weighted by Gasteiger charge is -2.10. The first-order valence-corrected chi connectivity index (χ1v) is 7.02. The van der Waals surface area contributed by atoms with Crippen LogP contribution in [0.25, 0.3) is 0 Å². The fraction of sp³-hybridized carbons (Fsp3) is 0.0714. The molecule has 0 aliphatic heterocycles. The Morgan fingerprint density at radius 3 is 2.57 bits per heavy atom. The van der Waals surface area contributed by atoms with E-state index in [-0.39, 0.29) is 6.61 Å². The number of amides is 1. The van der Waals surface area contributed by atoms with Crippen LogP contribution in [0.4, 0.5) is 11.4 Å². The highest BCUT2D eigenvalue weighted by atomic mass is 35.5. The van der Waals surface area contributed by atoms with Crippen molar-refractivity contribution in [2.24, 2.45) is 0 Å². The third kappa shape index (κ3) is 4.43. The molecule has 0 fully saturated rings. The number of carbonyl (C=O) groups is 1. The van der Waals surface area contributed by atoms with E-state index in [0.717, 1.165) is 0 Å². The van der Waals surface area contributed by atoms with E-state index in [9.17, 15) is 4.79 Å². The quantitative estimate of drug-likeness (QED) is 0.814. The van der Waals surface area contributed by atoms with Crippen molar-refractivity contribution in [2.75, 3.05) is 17.7 Å². The maximum Gasteiger partial charge on any atom is 0.262 e. The van der Waals surface area contributed by atoms with E-state index in [2.05, 4.69) is 5.32 Å². The molecule has 0 bridgehead atoms. The normalized spacial score (nSPS) is 10.2. The minimum Gasteiger partial charge on any atom is -0.482 e. The van der Waals surface area contributed by atoms with Crippen molar-refractivity contribution < 1.29 is 9.53 Å². The Hall–Kier alpha value is -1.62. The molecule has 0 aromatic heterocycles. The second kappa shape index (κ2) is 6.89. The van der Waals surface area contributed by atoms with Crippen LogP contribution < -0.4 is 15.8 Å². The van der Waals surface area contributed by atoms with Gasteiger partial charge < -0.3 is 15.8 Å². The molecule has 21 heavy (non-hydrogen) atoms. The van der Waals surface area contributed by atoms with E-state index < -0.39 is 5.91 Å². The summed E-state index contributed by atoms with van der Waals surface area (Å²) in [7, 11) is 0. The van der Waals surface area contributed by atoms with Gasteiger partial charge in [0, 0.05) is 16.8 Å². The Balaban J connectivity index is 1.99. The predicted molar refractivity (Wildman–Crippen MR) is 86.5 cm³/mol. The van der Waals surface area contributed by atoms with E-state index in [1.807, 2.05) is 0 Å². The Kier molecular flexibility index (Phi) is 5.17. The van der Waals surface area contributed by atoms with Gasteiger partial charge >= 0.3 is 0 Å². The molecule has 2 aromatic carbocycles. The fourth-order valence-corrected chi connectivity index (χ4v) is 2.06. The van der Waals surface area contributed by atoms with Crippen molar-refractivity contribution in [3.05, 3.63) is 51.5 Å². The maximum absolute atomic E-state index is 11.8. The first-order chi connectivity index (χ1) is 9.95. The van der Waals surface area contributed by atoms with Crippen LogP contribution in [-0.2, 0) is 4.79 Å². The summed E-state index contributed by atoms with van der Waals surface area (Å²) in [4.78, 5) is 11.8. The smallest absolute Gasteiger partial charge is 0.262 e. The molecule has 1 amide bonds. The minimum atomic E-state index is -0.390. The number of nitrogens with one attached hydrogen (secondary N) is 1. The summed E-state index contributed by atoms with van der Waals surface area (Å²) in [6, 6.07) is 9.55. The molecule has 0 radical (unpaired) electrons. The first-order valence-electron chi connectivity index (χ1n) is 5.88. The number of benzene rings is 2. The number of hydrogen-bond acceptors (Lipinski definition) is 3. The highest BCUT2D eigenvalue weighted by Gasteiger charge is 2.09. The number of anilines is 2. The second-order valence-corrected chi connectivity index (χ2v) is 5.40. The number of carbonyl (C=O) groups excluding carboxylic acids is 1. The fourth-order valence-electron chi connectivity index (χ4n) is 1.56. The lowest BCUT2D eigenvalue weighted by atomic mass is 10.3. The molecule has 7 heteroatoms. The zero-order valence-corrected chi connectivity index (χ0v) is 13.0. The molecular formula is C14H11Cl3N2O2. The van der Waals surface area contributed by atoms with Gasteiger partial charge in [-0.05, 0) is 30.3 Å². The summed E-state index contributed by atoms with van der Waals surface area (Å²) in [5.41, 5.74) is 6.54. The number of halogens is 3. The van der Waals surface area contributed by atoms with Gasteiger partial charge in [0.15, 0.2) is 6.61 Å². The van der Waals surface area contributed by atoms with Gasteiger partial charge in [-0.25, -0.2) is 0 Å². The second-order valence-electron chi connectivity index (χ2n) is 4.15. The van der Waals surface area contributed by atoms with Crippen LogP contribution in [0.1, 0.15) is 0 Å². The maximum atomic E-state index is 11.8. The van der Waals surface area contributed by atoms with Crippen LogP contribution in [0, 0.1) is 0 Å². The molecule has 3 N–H and O–H groups in total. The summed E-state index contributed by atoms with van der Waals surface area (Å²) >= 11 is 17.7. The van der Waals surface area contributed by atoms with E-state index >= 15 is 0 Å². The molecule has 0 atom stereocenters. The summed E-state index contributed by atoms with van der Waals surface area (Å²) in [6.07, 6.45) is 0. The van der Waals surface area contributed by atoms with E-state index in [0.29, 0.717) is 32.2 Å². The number of nitrogens with two attached hydrogens (primary N) is 1. The Labute approximate surface area is 136 Å². The third-order valence-corrected chi connectivity index (χ3v) is 3.39. The number of hydrogen-bond donors (Lipinski definition) is 2. The molecular weight excluding hydrogens is 335 g/mol. The van der Waals surface area contributed by atoms with E-state index in [4.69, 9.17) is 45.3 Å². The first kappa shape index (κ1) is 15.8. The van der Waals surface area contributed by atoms with Gasteiger partial charge in [-0.2, -0.15) is 0 Å². The molecule has 0 heterocycles. The lowest BCUT2D eigenvalue weighted by Crippen LogP contribution is -2.20. The van der Waals surface area contributed by atoms with Crippen LogP contribution in [-0.4, -0.2) is 12.5 Å². The molecule has 4 nitrogen and oxygen atoms in total. The zero-order chi connectivity index (χ0) is 15.4. The molecule has 2 aromatic rings. The van der Waals surface area contributed by atoms with Crippen LogP contribution in [0.15, 0.2) is 36.4 Å². The van der Waals surface area contributed by atoms with Gasteiger partial charge in [0.25, 0.3) is 5.91 Å². The van der Waals surface area contributed by atoms with Crippen LogP contribution >= 0.6 is 34.8 Å². The van der Waals surface area contributed by atoms with E-state index in [1.54, 1.807) is 30.3 Å². The van der Waals surface area contributed by atoms with Gasteiger partial charge in [0.05, 0.1) is 15.7 Å². The standard InChI is InChI=1S/C14H11Cl3N2O2/c15-8-1-3-11(17)13(5-8)21-7-14(20)19-12-6-9(18)2-4-10(12)16/h1-6H,7,18H2,(H,19,20). The van der Waals surface area contributed by atoms with Gasteiger partial charge in [0.2, 0.25) is 0 Å². The minimum absolute atomic E-state index is 0.231. The topological polar surface area (TPSA) is 64.3 Å². The van der Waals surface area contributed by atoms with Crippen molar-refractivity contribution in [2.45, 2.75) is 0 Å². The van der Waals surface area contributed by atoms with Gasteiger partial charge in [-0.1, -0.05) is 34.8 Å². The van der Waals surface area contributed by atoms with Crippen molar-refractivity contribution in [1.29, 1.82) is 0 Å². The summed E-state index contributed by atoms with van der Waals surface area (Å²) in [5.74, 6) is -0.0588. The predicted octanol–water partition coefficient (Wildman–Crippen LogP) is 4.25. The average Bonchev–Trinajstić information content (AvgIpc) is 2.44.